The van der Waals surface area contributed by atoms with Gasteiger partial charge in [0.2, 0.25) is 5.91 Å². The van der Waals surface area contributed by atoms with Crippen molar-refractivity contribution in [3.8, 4) is 5.75 Å². The number of carbonyl (C=O) groups excluding carboxylic acids is 2. The highest BCUT2D eigenvalue weighted by Crippen LogP contribution is 2.21. The summed E-state index contributed by atoms with van der Waals surface area (Å²) in [5.74, 6) is 1.25. The molecule has 0 radical (unpaired) electrons. The summed E-state index contributed by atoms with van der Waals surface area (Å²) in [5.41, 5.74) is 0. The van der Waals surface area contributed by atoms with Crippen LogP contribution in [0.1, 0.15) is 25.7 Å². The van der Waals surface area contributed by atoms with Crippen molar-refractivity contribution in [2.45, 2.75) is 43.8 Å². The summed E-state index contributed by atoms with van der Waals surface area (Å²) in [6.45, 7) is 1.42. The summed E-state index contributed by atoms with van der Waals surface area (Å²) >= 11 is 1.68. The van der Waals surface area contributed by atoms with E-state index in [1.807, 2.05) is 41.5 Å². The van der Waals surface area contributed by atoms with Crippen molar-refractivity contribution in [3.63, 3.8) is 0 Å². The van der Waals surface area contributed by atoms with Crippen LogP contribution < -0.4 is 15.4 Å². The van der Waals surface area contributed by atoms with E-state index in [-0.39, 0.29) is 18.4 Å². The molecule has 6 nitrogen and oxygen atoms in total. The number of hydrogen-bond donors (Lipinski definition) is 2. The minimum atomic E-state index is -0.485. The Labute approximate surface area is 165 Å². The number of nitrogens with one attached hydrogen (secondary N) is 2. The molecule has 2 aliphatic rings. The third-order valence-corrected chi connectivity index (χ3v) is 5.84. The third-order valence-electron chi connectivity index (χ3n) is 5.19. The summed E-state index contributed by atoms with van der Waals surface area (Å²) in [5, 5.41) is 6.49. The van der Waals surface area contributed by atoms with Crippen LogP contribution in [0.15, 0.2) is 30.3 Å². The molecular weight excluding hydrogens is 362 g/mol. The number of carbonyl (C=O) groups is 2. The second-order valence-electron chi connectivity index (χ2n) is 7.21. The second kappa shape index (κ2) is 9.99. The van der Waals surface area contributed by atoms with Crippen LogP contribution in [0, 0.1) is 0 Å². The van der Waals surface area contributed by atoms with Crippen LogP contribution in [0.2, 0.25) is 0 Å². The number of likely N-dealkylation sites (tertiary alicyclic amines) is 1. The Morgan fingerprint density at radius 1 is 1.26 bits per heavy atom. The molecule has 2 saturated heterocycles. The number of rotatable bonds is 8. The number of nitrogens with zero attached hydrogens (tertiary/aromatic N) is 1. The van der Waals surface area contributed by atoms with E-state index in [0.717, 1.165) is 31.7 Å². The minimum absolute atomic E-state index is 0.0338. The maximum absolute atomic E-state index is 13.1. The van der Waals surface area contributed by atoms with Crippen LogP contribution in [0.3, 0.4) is 0 Å². The molecule has 1 aromatic carbocycles. The van der Waals surface area contributed by atoms with E-state index in [0.29, 0.717) is 24.3 Å². The van der Waals surface area contributed by atoms with Crippen molar-refractivity contribution in [3.05, 3.63) is 30.3 Å². The van der Waals surface area contributed by atoms with Gasteiger partial charge in [0.25, 0.3) is 5.91 Å². The van der Waals surface area contributed by atoms with Crippen LogP contribution in [0.5, 0.6) is 5.75 Å². The normalized spacial score (nSPS) is 22.8. The Kier molecular flexibility index (Phi) is 7.41. The summed E-state index contributed by atoms with van der Waals surface area (Å²) in [4.78, 5) is 27.4. The molecule has 0 spiro atoms. The number of hydrogen-bond acceptors (Lipinski definition) is 5. The first-order valence-electron chi connectivity index (χ1n) is 9.66. The van der Waals surface area contributed by atoms with Crippen molar-refractivity contribution < 1.29 is 14.3 Å². The molecule has 3 rings (SSSR count). The molecule has 0 aliphatic carbocycles. The predicted octanol–water partition coefficient (Wildman–Crippen LogP) is 1.66. The maximum Gasteiger partial charge on any atom is 0.258 e. The van der Waals surface area contributed by atoms with E-state index in [1.165, 1.54) is 6.42 Å². The Bertz CT molecular complexity index is 628. The van der Waals surface area contributed by atoms with Crippen molar-refractivity contribution >= 4 is 23.6 Å². The number of fused-ring (bicyclic) bond motifs is 2. The molecule has 2 heterocycles. The van der Waals surface area contributed by atoms with Crippen LogP contribution in [0.25, 0.3) is 0 Å². The molecule has 0 saturated carbocycles. The first-order valence-corrected chi connectivity index (χ1v) is 11.1. The van der Waals surface area contributed by atoms with Gasteiger partial charge in [-0.3, -0.25) is 9.59 Å². The number of thioether (sulfide) groups is 1. The lowest BCUT2D eigenvalue weighted by molar-refractivity contribution is -0.137. The Balaban J connectivity index is 1.55. The van der Waals surface area contributed by atoms with Gasteiger partial charge >= 0.3 is 0 Å². The number of amides is 2. The molecular formula is C20H29N3O3S. The number of ether oxygens (including phenoxy) is 1. The molecule has 148 valence electrons. The molecule has 7 heteroatoms. The maximum atomic E-state index is 13.1. The first-order chi connectivity index (χ1) is 13.2. The SMILES string of the molecule is CSCCC(NC(=O)COc1ccccc1)C(=O)N1CCC2CCC(C1)N2. The lowest BCUT2D eigenvalue weighted by Crippen LogP contribution is -2.51. The fourth-order valence-corrected chi connectivity index (χ4v) is 4.23. The lowest BCUT2D eigenvalue weighted by Gasteiger charge is -2.29. The highest BCUT2D eigenvalue weighted by Gasteiger charge is 2.33. The largest absolute Gasteiger partial charge is 0.484 e. The molecule has 2 N–H and O–H groups in total. The molecule has 2 aliphatic heterocycles. The van der Waals surface area contributed by atoms with E-state index >= 15 is 0 Å². The van der Waals surface area contributed by atoms with E-state index in [2.05, 4.69) is 10.6 Å². The highest BCUT2D eigenvalue weighted by atomic mass is 32.2. The van der Waals surface area contributed by atoms with Gasteiger partial charge in [-0.25, -0.2) is 0 Å². The molecule has 3 atom stereocenters. The molecule has 2 bridgehead atoms. The topological polar surface area (TPSA) is 70.7 Å². The minimum Gasteiger partial charge on any atom is -0.484 e. The van der Waals surface area contributed by atoms with Gasteiger partial charge in [-0.05, 0) is 49.8 Å². The Morgan fingerprint density at radius 2 is 2.04 bits per heavy atom. The van der Waals surface area contributed by atoms with Gasteiger partial charge in [0.05, 0.1) is 0 Å². The average molecular weight is 392 g/mol. The average Bonchev–Trinajstić information content (AvgIpc) is 3.02. The Hall–Kier alpha value is -1.73. The van der Waals surface area contributed by atoms with E-state index in [9.17, 15) is 9.59 Å². The van der Waals surface area contributed by atoms with E-state index in [4.69, 9.17) is 4.74 Å². The molecule has 3 unspecified atom stereocenters. The monoisotopic (exact) mass is 391 g/mol. The zero-order valence-electron chi connectivity index (χ0n) is 15.9. The molecule has 0 aromatic heterocycles. The quantitative estimate of drug-likeness (QED) is 0.705. The lowest BCUT2D eigenvalue weighted by atomic mass is 10.1. The van der Waals surface area contributed by atoms with Crippen molar-refractivity contribution in [1.82, 2.24) is 15.5 Å². The molecule has 2 amide bonds. The van der Waals surface area contributed by atoms with Gasteiger partial charge in [0, 0.05) is 25.2 Å². The number of benzene rings is 1. The van der Waals surface area contributed by atoms with Gasteiger partial charge in [-0.1, -0.05) is 18.2 Å². The predicted molar refractivity (Wildman–Crippen MR) is 108 cm³/mol. The van der Waals surface area contributed by atoms with Crippen LogP contribution in [0.4, 0.5) is 0 Å². The second-order valence-corrected chi connectivity index (χ2v) is 8.20. The highest BCUT2D eigenvalue weighted by molar-refractivity contribution is 7.98. The zero-order chi connectivity index (χ0) is 19.1. The zero-order valence-corrected chi connectivity index (χ0v) is 16.7. The molecule has 2 fully saturated rings. The van der Waals surface area contributed by atoms with Crippen LogP contribution in [-0.2, 0) is 9.59 Å². The summed E-state index contributed by atoms with van der Waals surface area (Å²) < 4.78 is 5.51. The Morgan fingerprint density at radius 3 is 2.81 bits per heavy atom. The van der Waals surface area contributed by atoms with Crippen molar-refractivity contribution in [2.24, 2.45) is 0 Å². The van der Waals surface area contributed by atoms with E-state index < -0.39 is 6.04 Å². The molecule has 27 heavy (non-hydrogen) atoms. The van der Waals surface area contributed by atoms with Crippen LogP contribution >= 0.6 is 11.8 Å². The standard InChI is InChI=1S/C20H29N3O3S/c1-27-12-10-18(22-19(24)14-26-17-5-3-2-4-6-17)20(25)23-11-9-15-7-8-16(13-23)21-15/h2-6,15-16,18,21H,7-14H2,1H3,(H,22,24). The van der Waals surface area contributed by atoms with Crippen LogP contribution in [-0.4, -0.2) is 66.5 Å². The van der Waals surface area contributed by atoms with Gasteiger partial charge < -0.3 is 20.3 Å². The number of para-hydroxylation sites is 1. The van der Waals surface area contributed by atoms with E-state index in [1.54, 1.807) is 11.8 Å². The van der Waals surface area contributed by atoms with Crippen molar-refractivity contribution in [2.75, 3.05) is 31.7 Å². The fraction of sp³-hybridized carbons (Fsp3) is 0.600. The molecule has 1 aromatic rings. The fourth-order valence-electron chi connectivity index (χ4n) is 3.76. The summed E-state index contributed by atoms with van der Waals surface area (Å²) in [6, 6.07) is 9.67. The summed E-state index contributed by atoms with van der Waals surface area (Å²) in [7, 11) is 0. The third kappa shape index (κ3) is 5.87. The van der Waals surface area contributed by atoms with Crippen molar-refractivity contribution in [1.29, 1.82) is 0 Å². The van der Waals surface area contributed by atoms with Gasteiger partial charge in [0.15, 0.2) is 6.61 Å². The van der Waals surface area contributed by atoms with Gasteiger partial charge in [-0.15, -0.1) is 0 Å². The smallest absolute Gasteiger partial charge is 0.258 e. The van der Waals surface area contributed by atoms with Gasteiger partial charge in [0.1, 0.15) is 11.8 Å². The van der Waals surface area contributed by atoms with Gasteiger partial charge in [-0.2, -0.15) is 11.8 Å². The first kappa shape index (κ1) is 20.0. The summed E-state index contributed by atoms with van der Waals surface area (Å²) in [6.07, 6.45) is 5.96.